The Balaban J connectivity index is 2.07. The van der Waals surface area contributed by atoms with Crippen LogP contribution in [-0.4, -0.2) is 32.2 Å². The third-order valence-electron chi connectivity index (χ3n) is 4.27. The molecule has 1 amide bonds. The lowest BCUT2D eigenvalue weighted by Gasteiger charge is -2.16. The molecule has 0 saturated carbocycles. The minimum atomic E-state index is -4.49. The number of carbonyl (C=O) groups is 1. The van der Waals surface area contributed by atoms with Gasteiger partial charge in [-0.3, -0.25) is 4.79 Å². The molecule has 7 nitrogen and oxygen atoms in total. The minimum absolute atomic E-state index is 0.0153. The zero-order valence-corrected chi connectivity index (χ0v) is 18.3. The molecule has 0 spiro atoms. The fourth-order valence-electron chi connectivity index (χ4n) is 2.88. The second-order valence-electron chi connectivity index (χ2n) is 6.83. The van der Waals surface area contributed by atoms with Gasteiger partial charge in [0.25, 0.3) is 5.91 Å². The van der Waals surface area contributed by atoms with Crippen molar-refractivity contribution in [1.82, 2.24) is 9.71 Å². The summed E-state index contributed by atoms with van der Waals surface area (Å²) in [6.07, 6.45) is -2.13. The predicted molar refractivity (Wildman–Crippen MR) is 115 cm³/mol. The van der Waals surface area contributed by atoms with Gasteiger partial charge in [0.1, 0.15) is 11.5 Å². The van der Waals surface area contributed by atoms with Gasteiger partial charge in [-0.25, -0.2) is 18.1 Å². The van der Waals surface area contributed by atoms with Crippen LogP contribution in [0.15, 0.2) is 60.8 Å². The third-order valence-corrected chi connectivity index (χ3v) is 4.83. The van der Waals surface area contributed by atoms with Crippen molar-refractivity contribution in [3.05, 3.63) is 71.9 Å². The maximum Gasteiger partial charge on any atom is 0.416 e. The van der Waals surface area contributed by atoms with Crippen molar-refractivity contribution < 1.29 is 35.9 Å². The van der Waals surface area contributed by atoms with Gasteiger partial charge in [0.05, 0.1) is 18.4 Å². The summed E-state index contributed by atoms with van der Waals surface area (Å²) in [5.74, 6) is -0.307. The lowest BCUT2D eigenvalue weighted by atomic mass is 10.0. The molecule has 0 unspecified atom stereocenters. The first-order valence-electron chi connectivity index (χ1n) is 9.57. The minimum Gasteiger partial charge on any atom is -0.478 e. The van der Waals surface area contributed by atoms with E-state index in [2.05, 4.69) is 4.98 Å². The van der Waals surface area contributed by atoms with E-state index < -0.39 is 27.7 Å². The first kappa shape index (κ1) is 24.1. The number of aromatic nitrogens is 1. The first-order chi connectivity index (χ1) is 15.5. The molecule has 1 N–H and O–H groups in total. The molecular formula is C22H19F3N2O5S. The van der Waals surface area contributed by atoms with E-state index in [0.29, 0.717) is 17.7 Å². The predicted octanol–water partition coefficient (Wildman–Crippen LogP) is 4.65. The van der Waals surface area contributed by atoms with Crippen LogP contribution in [0.5, 0.6) is 17.4 Å². The Kier molecular flexibility index (Phi) is 6.92. The number of ether oxygens (including phenoxy) is 2. The van der Waals surface area contributed by atoms with Crippen molar-refractivity contribution in [1.29, 1.82) is 0 Å². The summed E-state index contributed by atoms with van der Waals surface area (Å²) in [7, 11) is -3.80. The van der Waals surface area contributed by atoms with Gasteiger partial charge in [0.15, 0.2) is 0 Å². The molecule has 0 atom stereocenters. The molecule has 33 heavy (non-hydrogen) atoms. The summed E-state index contributed by atoms with van der Waals surface area (Å²) >= 11 is 0. The van der Waals surface area contributed by atoms with E-state index in [1.807, 2.05) is 4.72 Å². The summed E-state index contributed by atoms with van der Waals surface area (Å²) in [5.41, 5.74) is -0.0434. The van der Waals surface area contributed by atoms with Crippen molar-refractivity contribution in [2.24, 2.45) is 0 Å². The average Bonchev–Trinajstić information content (AvgIpc) is 2.73. The summed E-state index contributed by atoms with van der Waals surface area (Å²) < 4.78 is 74.7. The number of carbonyl (C=O) groups excluding carboxylic acids is 1. The van der Waals surface area contributed by atoms with Crippen LogP contribution in [0, 0.1) is 0 Å². The van der Waals surface area contributed by atoms with Gasteiger partial charge in [0.2, 0.25) is 15.9 Å². The van der Waals surface area contributed by atoms with Crippen molar-refractivity contribution in [2.45, 2.75) is 13.1 Å². The Labute approximate surface area is 188 Å². The van der Waals surface area contributed by atoms with Crippen molar-refractivity contribution in [3.8, 4) is 28.5 Å². The maximum atomic E-state index is 12.8. The Bertz CT molecular complexity index is 1260. The summed E-state index contributed by atoms with van der Waals surface area (Å²) in [6, 6.07) is 11.5. The van der Waals surface area contributed by atoms with E-state index in [4.69, 9.17) is 9.47 Å². The van der Waals surface area contributed by atoms with E-state index in [9.17, 15) is 26.4 Å². The number of benzene rings is 2. The van der Waals surface area contributed by atoms with Gasteiger partial charge in [-0.2, -0.15) is 13.2 Å². The number of pyridine rings is 1. The average molecular weight is 480 g/mol. The van der Waals surface area contributed by atoms with Gasteiger partial charge in [-0.1, -0.05) is 0 Å². The first-order valence-corrected chi connectivity index (χ1v) is 11.5. The van der Waals surface area contributed by atoms with E-state index in [0.717, 1.165) is 18.4 Å². The lowest BCUT2D eigenvalue weighted by molar-refractivity contribution is -0.137. The van der Waals surface area contributed by atoms with Gasteiger partial charge < -0.3 is 9.47 Å². The molecule has 11 heteroatoms. The van der Waals surface area contributed by atoms with Gasteiger partial charge >= 0.3 is 6.18 Å². The molecule has 0 bridgehead atoms. The summed E-state index contributed by atoms with van der Waals surface area (Å²) in [6.45, 7) is 2.06. The normalized spacial score (nSPS) is 11.7. The molecule has 0 aliphatic carbocycles. The molecule has 1 aromatic heterocycles. The summed E-state index contributed by atoms with van der Waals surface area (Å²) in [4.78, 5) is 16.5. The Morgan fingerprint density at radius 2 is 1.76 bits per heavy atom. The highest BCUT2D eigenvalue weighted by atomic mass is 32.2. The number of hydrogen-bond donors (Lipinski definition) is 1. The smallest absolute Gasteiger partial charge is 0.416 e. The van der Waals surface area contributed by atoms with Crippen LogP contribution in [0.3, 0.4) is 0 Å². The molecule has 1 heterocycles. The van der Waals surface area contributed by atoms with Gasteiger partial charge in [0, 0.05) is 22.9 Å². The molecule has 0 aliphatic heterocycles. The topological polar surface area (TPSA) is 94.6 Å². The Hall–Kier alpha value is -3.60. The number of halogens is 3. The Morgan fingerprint density at radius 1 is 1.06 bits per heavy atom. The lowest BCUT2D eigenvalue weighted by Crippen LogP contribution is -2.29. The molecule has 0 fully saturated rings. The second kappa shape index (κ2) is 9.49. The van der Waals surface area contributed by atoms with Crippen LogP contribution in [0.1, 0.15) is 22.8 Å². The molecule has 2 aromatic carbocycles. The van der Waals surface area contributed by atoms with Crippen LogP contribution in [0.25, 0.3) is 11.1 Å². The van der Waals surface area contributed by atoms with Crippen molar-refractivity contribution in [3.63, 3.8) is 0 Å². The van der Waals surface area contributed by atoms with Crippen LogP contribution in [-0.2, 0) is 16.2 Å². The highest BCUT2D eigenvalue weighted by Crippen LogP contribution is 2.39. The summed E-state index contributed by atoms with van der Waals surface area (Å²) in [5, 5.41) is 0. The molecular weight excluding hydrogens is 461 g/mol. The van der Waals surface area contributed by atoms with Crippen molar-refractivity contribution in [2.75, 3.05) is 12.9 Å². The number of sulfonamides is 1. The second-order valence-corrected chi connectivity index (χ2v) is 8.58. The van der Waals surface area contributed by atoms with Crippen molar-refractivity contribution >= 4 is 15.9 Å². The Morgan fingerprint density at radius 3 is 2.36 bits per heavy atom. The van der Waals surface area contributed by atoms with E-state index in [-0.39, 0.29) is 22.9 Å². The number of amides is 1. The molecule has 3 rings (SSSR count). The van der Waals surface area contributed by atoms with E-state index >= 15 is 0 Å². The van der Waals surface area contributed by atoms with Crippen LogP contribution >= 0.6 is 0 Å². The van der Waals surface area contributed by atoms with Crippen LogP contribution in [0.2, 0.25) is 0 Å². The number of hydrogen-bond acceptors (Lipinski definition) is 6. The van der Waals surface area contributed by atoms with E-state index in [1.54, 1.807) is 19.1 Å². The number of rotatable bonds is 7. The SMILES string of the molecule is CCOc1ncccc1-c1cc(C(=O)NS(C)(=O)=O)ccc1Oc1ccc(C(F)(F)F)cc1. The third kappa shape index (κ3) is 6.22. The number of alkyl halides is 3. The number of nitrogens with one attached hydrogen (secondary N) is 1. The standard InChI is InChI=1S/C22H19F3N2O5S/c1-3-31-21-17(5-4-12-26-21)18-13-14(20(28)27-33(2,29)30)6-11-19(18)32-16-9-7-15(8-10-16)22(23,24)25/h4-13H,3H2,1-2H3,(H,27,28). The molecule has 3 aromatic rings. The molecule has 0 saturated heterocycles. The van der Waals surface area contributed by atoms with Gasteiger partial charge in [-0.15, -0.1) is 0 Å². The molecule has 174 valence electrons. The van der Waals surface area contributed by atoms with E-state index in [1.165, 1.54) is 36.5 Å². The van der Waals surface area contributed by atoms with Crippen LogP contribution in [0.4, 0.5) is 13.2 Å². The van der Waals surface area contributed by atoms with Gasteiger partial charge in [-0.05, 0) is 61.5 Å². The maximum absolute atomic E-state index is 12.8. The fourth-order valence-corrected chi connectivity index (χ4v) is 3.34. The zero-order valence-electron chi connectivity index (χ0n) is 17.5. The highest BCUT2D eigenvalue weighted by Gasteiger charge is 2.30. The molecule has 0 aliphatic rings. The number of nitrogens with zero attached hydrogens (tertiary/aromatic N) is 1. The highest BCUT2D eigenvalue weighted by molar-refractivity contribution is 7.89. The van der Waals surface area contributed by atoms with Crippen LogP contribution < -0.4 is 14.2 Å². The quantitative estimate of drug-likeness (QED) is 0.529. The largest absolute Gasteiger partial charge is 0.478 e. The monoisotopic (exact) mass is 480 g/mol. The fraction of sp³-hybridized carbons (Fsp3) is 0.182. The molecule has 0 radical (unpaired) electrons. The zero-order chi connectivity index (χ0) is 24.2.